The molecular formula is C54H81N9O9. The number of benzene rings is 1. The third kappa shape index (κ3) is 12.1. The molecule has 4 unspecified atom stereocenters. The molecular weight excluding hydrogens is 919 g/mol. The molecule has 4 N–H and O–H groups in total. The van der Waals surface area contributed by atoms with Gasteiger partial charge in [0, 0.05) is 43.3 Å². The Morgan fingerprint density at radius 2 is 1.26 bits per heavy atom. The predicted octanol–water partition coefficient (Wildman–Crippen LogP) is 6.12. The van der Waals surface area contributed by atoms with Gasteiger partial charge in [0.15, 0.2) is 0 Å². The molecule has 7 rings (SSSR count). The van der Waals surface area contributed by atoms with Gasteiger partial charge in [-0.05, 0) is 90.9 Å². The Balaban J connectivity index is 0.000000372. The molecule has 3 heterocycles. The molecule has 10 amide bonds. The number of hydrogen-bond acceptors (Lipinski definition) is 10. The van der Waals surface area contributed by atoms with Crippen LogP contribution in [0.3, 0.4) is 0 Å². The van der Waals surface area contributed by atoms with Crippen LogP contribution in [0.1, 0.15) is 147 Å². The molecule has 0 radical (unpaired) electrons. The van der Waals surface area contributed by atoms with E-state index in [2.05, 4.69) is 40.2 Å². The van der Waals surface area contributed by atoms with Crippen molar-refractivity contribution < 1.29 is 43.2 Å². The van der Waals surface area contributed by atoms with E-state index in [9.17, 15) is 43.2 Å². The van der Waals surface area contributed by atoms with Crippen molar-refractivity contribution >= 4 is 53.6 Å². The molecule has 0 spiro atoms. The summed E-state index contributed by atoms with van der Waals surface area (Å²) in [6.45, 7) is 26.0. The Labute approximate surface area is 425 Å². The zero-order valence-electron chi connectivity index (χ0n) is 44.9. The summed E-state index contributed by atoms with van der Waals surface area (Å²) in [6, 6.07) is 5.40. The van der Waals surface area contributed by atoms with Gasteiger partial charge < -0.3 is 20.9 Å². The summed E-state index contributed by atoms with van der Waals surface area (Å²) in [5.74, 6) is -1.72. The van der Waals surface area contributed by atoms with Crippen LogP contribution < -0.4 is 21.4 Å². The van der Waals surface area contributed by atoms with Crippen molar-refractivity contribution in [3.05, 3.63) is 35.9 Å². The van der Waals surface area contributed by atoms with E-state index in [4.69, 9.17) is 0 Å². The molecule has 6 fully saturated rings. The number of piperidine rings is 3. The molecule has 1 aromatic rings. The van der Waals surface area contributed by atoms with Gasteiger partial charge in [-0.25, -0.2) is 24.4 Å². The van der Waals surface area contributed by atoms with Crippen LogP contribution in [0, 0.1) is 57.2 Å². The summed E-state index contributed by atoms with van der Waals surface area (Å²) in [6.07, 6.45) is 6.49. The molecule has 1 aromatic carbocycles. The minimum atomic E-state index is -1.00. The summed E-state index contributed by atoms with van der Waals surface area (Å²) >= 11 is 0. The summed E-state index contributed by atoms with van der Waals surface area (Å²) in [5, 5.41) is 10.2. The van der Waals surface area contributed by atoms with Crippen LogP contribution in [0.4, 0.5) is 9.59 Å². The maximum Gasteiger partial charge on any atom is 0.336 e. The van der Waals surface area contributed by atoms with Crippen LogP contribution in [0.5, 0.6) is 0 Å². The lowest BCUT2D eigenvalue weighted by atomic mass is 9.84. The van der Waals surface area contributed by atoms with Crippen LogP contribution in [0.2, 0.25) is 0 Å². The fraction of sp³-hybridized carbons (Fsp3) is 0.722. The van der Waals surface area contributed by atoms with E-state index in [0.717, 1.165) is 18.4 Å². The number of rotatable bonds is 13. The molecule has 396 valence electrons. The number of carbonyl (C=O) groups excluding carboxylic acids is 9. The Kier molecular flexibility index (Phi) is 16.6. The van der Waals surface area contributed by atoms with Crippen molar-refractivity contribution in [1.82, 2.24) is 41.1 Å². The van der Waals surface area contributed by atoms with E-state index in [1.54, 1.807) is 11.0 Å². The maximum absolute atomic E-state index is 14.5. The van der Waals surface area contributed by atoms with E-state index < -0.39 is 53.0 Å². The van der Waals surface area contributed by atoms with Crippen molar-refractivity contribution in [1.29, 1.82) is 0 Å². The third-order valence-electron chi connectivity index (χ3n) is 16.3. The van der Waals surface area contributed by atoms with Gasteiger partial charge in [0.1, 0.15) is 12.1 Å². The summed E-state index contributed by atoms with van der Waals surface area (Å²) in [5.41, 5.74) is 2.05. The second kappa shape index (κ2) is 21.4. The second-order valence-electron chi connectivity index (χ2n) is 25.0. The second-order valence-corrected chi connectivity index (χ2v) is 25.0. The maximum atomic E-state index is 14.5. The zero-order chi connectivity index (χ0) is 53.4. The van der Waals surface area contributed by atoms with Crippen LogP contribution in [0.15, 0.2) is 35.3 Å². The highest BCUT2D eigenvalue weighted by molar-refractivity contribution is 6.02. The van der Waals surface area contributed by atoms with E-state index in [-0.39, 0.29) is 102 Å². The number of isocyanates is 1. The number of fused-ring (bicyclic) bond motifs is 5. The van der Waals surface area contributed by atoms with E-state index in [1.807, 2.05) is 106 Å². The van der Waals surface area contributed by atoms with Gasteiger partial charge in [-0.15, -0.1) is 0 Å². The molecule has 18 heteroatoms. The zero-order valence-corrected chi connectivity index (χ0v) is 44.9. The number of nitrogens with one attached hydrogen (secondary N) is 4. The van der Waals surface area contributed by atoms with Gasteiger partial charge in [-0.2, -0.15) is 0 Å². The highest BCUT2D eigenvalue weighted by Crippen LogP contribution is 2.65. The van der Waals surface area contributed by atoms with Gasteiger partial charge in [-0.3, -0.25) is 44.0 Å². The Bertz CT molecular complexity index is 2250. The van der Waals surface area contributed by atoms with E-state index in [0.29, 0.717) is 38.6 Å². The molecule has 3 aliphatic carbocycles. The van der Waals surface area contributed by atoms with Crippen LogP contribution >= 0.6 is 0 Å². The lowest BCUT2D eigenvalue weighted by molar-refractivity contribution is -0.155. The number of urea groups is 2. The number of hydrogen-bond donors (Lipinski definition) is 4. The largest absolute Gasteiger partial charge is 0.336 e. The normalized spacial score (nSPS) is 26.8. The molecule has 3 aliphatic heterocycles. The minimum absolute atomic E-state index is 0.0106. The Hall–Kier alpha value is -5.64. The predicted molar refractivity (Wildman–Crippen MR) is 269 cm³/mol. The lowest BCUT2D eigenvalue weighted by Gasteiger charge is -2.40. The number of carbonyl (C=O) groups is 8. The Morgan fingerprint density at radius 3 is 1.72 bits per heavy atom. The molecule has 11 atom stereocenters. The highest BCUT2D eigenvalue weighted by atomic mass is 16.2. The average molecular weight is 1000 g/mol. The molecule has 3 saturated carbocycles. The molecule has 4 bridgehead atoms. The Morgan fingerprint density at radius 1 is 0.750 bits per heavy atom. The van der Waals surface area contributed by atoms with Crippen LogP contribution in [0.25, 0.3) is 0 Å². The first-order valence-electron chi connectivity index (χ1n) is 26.1. The smallest absolute Gasteiger partial charge is 0.333 e. The fourth-order valence-corrected chi connectivity index (χ4v) is 11.5. The van der Waals surface area contributed by atoms with Gasteiger partial charge in [0.05, 0.1) is 24.7 Å². The quantitative estimate of drug-likeness (QED) is 0.0772. The summed E-state index contributed by atoms with van der Waals surface area (Å²) in [7, 11) is 0. The van der Waals surface area contributed by atoms with Crippen molar-refractivity contribution in [2.24, 2.45) is 62.2 Å². The first-order valence-corrected chi connectivity index (χ1v) is 26.1. The van der Waals surface area contributed by atoms with Gasteiger partial charge >= 0.3 is 12.1 Å². The summed E-state index contributed by atoms with van der Waals surface area (Å²) in [4.78, 5) is 125. The highest BCUT2D eigenvalue weighted by Gasteiger charge is 2.70. The van der Waals surface area contributed by atoms with Crippen LogP contribution in [-0.2, 0) is 33.6 Å². The van der Waals surface area contributed by atoms with Gasteiger partial charge in [0.25, 0.3) is 5.91 Å². The van der Waals surface area contributed by atoms with Crippen molar-refractivity contribution in [3.63, 3.8) is 0 Å². The molecule has 0 aromatic heterocycles. The molecule has 72 heavy (non-hydrogen) atoms. The number of imide groups is 2. The fourth-order valence-electron chi connectivity index (χ4n) is 11.5. The number of nitrogens with zero attached hydrogens (tertiary/aromatic N) is 5. The average Bonchev–Trinajstić information content (AvgIpc) is 3.87. The van der Waals surface area contributed by atoms with E-state index >= 15 is 0 Å². The lowest BCUT2D eigenvalue weighted by Crippen LogP contribution is -2.63. The number of hydrazine groups is 1. The number of amides is 10. The van der Waals surface area contributed by atoms with Gasteiger partial charge in [-0.1, -0.05) is 113 Å². The molecule has 18 nitrogen and oxygen atoms in total. The standard InChI is InChI=1S/C40H61N7O6.C14H20N2O3/c1-11-19-47(37(53)41-23(2)24-15-13-12-14-16-24)44-32(48)30-29-27(40(29,9)10)21-45(30)35(51)31(39(6,7)8)43-36(52)42-28(38(3,4)5)22-46-33(49)25-17-18-26(20-25)34(46)50;1-14(2,3)11(15-8-17)7-16-12(18)9-4-5-10(6-9)13(16)19/h12-16,23,25-31H,11,17-22H2,1-10H3,(H,41,53)(H,44,48)(H2,42,43,52);9-11H,4-7H2,1-3H3/t23-,25?,26?,27-,28+,29-,30-,31+;9?,10?,11-/m01/s1. The first kappa shape index (κ1) is 55.7. The minimum Gasteiger partial charge on any atom is -0.333 e. The molecule has 6 aliphatic rings. The number of likely N-dealkylation sites (tertiary alicyclic amines) is 3. The monoisotopic (exact) mass is 1000 g/mol. The van der Waals surface area contributed by atoms with E-state index in [1.165, 1.54) is 14.8 Å². The van der Waals surface area contributed by atoms with Crippen molar-refractivity contribution in [2.45, 2.75) is 165 Å². The third-order valence-corrected chi connectivity index (χ3v) is 16.3. The summed E-state index contributed by atoms with van der Waals surface area (Å²) < 4.78 is 0. The van der Waals surface area contributed by atoms with Crippen molar-refractivity contribution in [2.75, 3.05) is 26.2 Å². The first-order chi connectivity index (χ1) is 33.5. The molecule has 3 saturated heterocycles. The SMILES string of the molecule is CC(C)(C)[C@@H](CN1C(=O)C2CCC(C2)C1=O)N=C=O.CCCN(NC(=O)[C@@H]1[C@@H]2[C@H](CN1C(=O)[C@@H](NC(=O)N[C@H](CN1C(=O)C3CCC(C3)C1=O)C(C)(C)C)C(C)(C)C)C2(C)C)C(=O)N[C@@H](C)c1ccccc1. The number of aliphatic imine (C=N–C) groups is 1. The van der Waals surface area contributed by atoms with Crippen LogP contribution in [-0.4, -0.2) is 124 Å². The topological polar surface area (TPSA) is 227 Å². The van der Waals surface area contributed by atoms with Gasteiger partial charge in [0.2, 0.25) is 35.6 Å². The van der Waals surface area contributed by atoms with Crippen molar-refractivity contribution in [3.8, 4) is 0 Å².